The molecule has 2 rings (SSSR count). The van der Waals surface area contributed by atoms with Crippen LogP contribution in [0.2, 0.25) is 5.02 Å². The van der Waals surface area contributed by atoms with Crippen molar-refractivity contribution in [2.75, 3.05) is 11.9 Å². The van der Waals surface area contributed by atoms with Crippen molar-refractivity contribution in [1.29, 1.82) is 0 Å². The van der Waals surface area contributed by atoms with Crippen molar-refractivity contribution in [2.45, 2.75) is 6.42 Å². The van der Waals surface area contributed by atoms with Gasteiger partial charge in [-0.1, -0.05) is 39.7 Å². The second-order valence-corrected chi connectivity index (χ2v) is 6.00. The number of benzene rings is 2. The fraction of sp³-hybridized carbons (Fsp3) is 0.133. The van der Waals surface area contributed by atoms with Gasteiger partial charge in [0.25, 0.3) is 5.69 Å². The third kappa shape index (κ3) is 5.22. The van der Waals surface area contributed by atoms with E-state index in [1.807, 2.05) is 24.3 Å². The number of urea groups is 1. The summed E-state index contributed by atoms with van der Waals surface area (Å²) in [4.78, 5) is 22.0. The minimum Gasteiger partial charge on any atom is -0.338 e. The van der Waals surface area contributed by atoms with Crippen LogP contribution in [0.5, 0.6) is 0 Å². The number of carbonyl (C=O) groups is 1. The highest BCUT2D eigenvalue weighted by Gasteiger charge is 2.11. The van der Waals surface area contributed by atoms with Crippen molar-refractivity contribution in [3.63, 3.8) is 0 Å². The molecule has 0 radical (unpaired) electrons. The maximum atomic E-state index is 11.8. The van der Waals surface area contributed by atoms with Gasteiger partial charge in [0.05, 0.1) is 15.6 Å². The molecule has 23 heavy (non-hydrogen) atoms. The van der Waals surface area contributed by atoms with E-state index in [9.17, 15) is 14.9 Å². The third-order valence-electron chi connectivity index (χ3n) is 3.00. The van der Waals surface area contributed by atoms with Crippen LogP contribution in [0.3, 0.4) is 0 Å². The number of nitro groups is 1. The summed E-state index contributed by atoms with van der Waals surface area (Å²) in [7, 11) is 0. The van der Waals surface area contributed by atoms with Gasteiger partial charge in [-0.3, -0.25) is 10.1 Å². The van der Waals surface area contributed by atoms with Crippen molar-refractivity contribution in [1.82, 2.24) is 5.32 Å². The van der Waals surface area contributed by atoms with E-state index in [-0.39, 0.29) is 16.4 Å². The fourth-order valence-corrected chi connectivity index (χ4v) is 2.51. The summed E-state index contributed by atoms with van der Waals surface area (Å²) < 4.78 is 0.975. The number of non-ortho nitro benzene ring substituents is 1. The van der Waals surface area contributed by atoms with Crippen LogP contribution in [-0.4, -0.2) is 17.5 Å². The molecule has 6 nitrogen and oxygen atoms in total. The van der Waals surface area contributed by atoms with E-state index in [2.05, 4.69) is 26.6 Å². The van der Waals surface area contributed by atoms with Crippen molar-refractivity contribution < 1.29 is 9.72 Å². The summed E-state index contributed by atoms with van der Waals surface area (Å²) in [5, 5.41) is 16.2. The van der Waals surface area contributed by atoms with E-state index in [1.165, 1.54) is 18.2 Å². The maximum absolute atomic E-state index is 11.8. The van der Waals surface area contributed by atoms with Gasteiger partial charge in [-0.05, 0) is 30.2 Å². The van der Waals surface area contributed by atoms with Gasteiger partial charge in [-0.15, -0.1) is 0 Å². The number of amides is 2. The zero-order chi connectivity index (χ0) is 16.8. The van der Waals surface area contributed by atoms with E-state index in [1.54, 1.807) is 0 Å². The molecule has 0 aliphatic carbocycles. The molecule has 0 spiro atoms. The van der Waals surface area contributed by atoms with E-state index >= 15 is 0 Å². The molecular weight excluding hydrogens is 386 g/mol. The van der Waals surface area contributed by atoms with Crippen molar-refractivity contribution >= 4 is 44.9 Å². The number of rotatable bonds is 5. The molecule has 2 amide bonds. The standard InChI is InChI=1S/C15H13BrClN3O3/c16-11-3-1-2-10(8-11)6-7-18-15(21)19-14-9-12(20(22)23)4-5-13(14)17/h1-5,8-9H,6-7H2,(H2,18,19,21). The minimum absolute atomic E-state index is 0.140. The fourth-order valence-electron chi connectivity index (χ4n) is 1.90. The number of hydrogen-bond donors (Lipinski definition) is 2. The number of nitrogens with zero attached hydrogens (tertiary/aromatic N) is 1. The zero-order valence-corrected chi connectivity index (χ0v) is 14.2. The van der Waals surface area contributed by atoms with Crippen LogP contribution in [0.15, 0.2) is 46.9 Å². The Hall–Kier alpha value is -2.12. The molecule has 0 aliphatic heterocycles. The molecule has 0 aromatic heterocycles. The average molecular weight is 399 g/mol. The van der Waals surface area contributed by atoms with Gasteiger partial charge in [0.2, 0.25) is 0 Å². The van der Waals surface area contributed by atoms with Crippen LogP contribution >= 0.6 is 27.5 Å². The van der Waals surface area contributed by atoms with Gasteiger partial charge in [-0.25, -0.2) is 4.79 Å². The van der Waals surface area contributed by atoms with Gasteiger partial charge in [0, 0.05) is 23.2 Å². The third-order valence-corrected chi connectivity index (χ3v) is 3.82. The molecule has 0 saturated carbocycles. The lowest BCUT2D eigenvalue weighted by atomic mass is 10.1. The molecule has 0 saturated heterocycles. The highest BCUT2D eigenvalue weighted by Crippen LogP contribution is 2.26. The van der Waals surface area contributed by atoms with Gasteiger partial charge >= 0.3 is 6.03 Å². The maximum Gasteiger partial charge on any atom is 0.319 e. The van der Waals surface area contributed by atoms with Crippen LogP contribution in [0, 0.1) is 10.1 Å². The average Bonchev–Trinajstić information content (AvgIpc) is 2.49. The van der Waals surface area contributed by atoms with Crippen molar-refractivity contribution in [2.24, 2.45) is 0 Å². The van der Waals surface area contributed by atoms with Crippen LogP contribution < -0.4 is 10.6 Å². The predicted molar refractivity (Wildman–Crippen MR) is 93.0 cm³/mol. The molecular formula is C15H13BrClN3O3. The van der Waals surface area contributed by atoms with Crippen LogP contribution in [0.4, 0.5) is 16.2 Å². The van der Waals surface area contributed by atoms with E-state index in [4.69, 9.17) is 11.6 Å². The number of halogens is 2. The Kier molecular flexibility index (Phi) is 5.95. The summed E-state index contributed by atoms with van der Waals surface area (Å²) >= 11 is 9.31. The molecule has 2 N–H and O–H groups in total. The summed E-state index contributed by atoms with van der Waals surface area (Å²) in [6.07, 6.45) is 0.662. The summed E-state index contributed by atoms with van der Waals surface area (Å²) in [6, 6.07) is 11.2. The SMILES string of the molecule is O=C(NCCc1cccc(Br)c1)Nc1cc([N+](=O)[O-])ccc1Cl. The second kappa shape index (κ2) is 7.94. The number of carbonyl (C=O) groups excluding carboxylic acids is 1. The van der Waals surface area contributed by atoms with Crippen LogP contribution in [0.1, 0.15) is 5.56 Å². The van der Waals surface area contributed by atoms with Gasteiger partial charge in [0.15, 0.2) is 0 Å². The first-order chi connectivity index (χ1) is 11.0. The van der Waals surface area contributed by atoms with Gasteiger partial charge in [-0.2, -0.15) is 0 Å². The minimum atomic E-state index is -0.549. The molecule has 0 unspecified atom stereocenters. The quantitative estimate of drug-likeness (QED) is 0.579. The topological polar surface area (TPSA) is 84.3 Å². The highest BCUT2D eigenvalue weighted by molar-refractivity contribution is 9.10. The molecule has 2 aromatic carbocycles. The van der Waals surface area contributed by atoms with Gasteiger partial charge in [0.1, 0.15) is 0 Å². The lowest BCUT2D eigenvalue weighted by Gasteiger charge is -2.09. The van der Waals surface area contributed by atoms with E-state index in [0.29, 0.717) is 13.0 Å². The Balaban J connectivity index is 1.90. The highest BCUT2D eigenvalue weighted by atomic mass is 79.9. The van der Waals surface area contributed by atoms with Gasteiger partial charge < -0.3 is 10.6 Å². The molecule has 8 heteroatoms. The lowest BCUT2D eigenvalue weighted by Crippen LogP contribution is -2.30. The normalized spacial score (nSPS) is 10.2. The Labute approximate surface area is 146 Å². The van der Waals surface area contributed by atoms with E-state index in [0.717, 1.165) is 10.0 Å². The van der Waals surface area contributed by atoms with Crippen LogP contribution in [0.25, 0.3) is 0 Å². The number of hydrogen-bond acceptors (Lipinski definition) is 3. The smallest absolute Gasteiger partial charge is 0.319 e. The molecule has 0 fully saturated rings. The van der Waals surface area contributed by atoms with E-state index < -0.39 is 11.0 Å². The second-order valence-electron chi connectivity index (χ2n) is 4.68. The summed E-state index contributed by atoms with van der Waals surface area (Å²) in [5.74, 6) is 0. The summed E-state index contributed by atoms with van der Waals surface area (Å²) in [5.41, 5.74) is 1.13. The first kappa shape index (κ1) is 17.2. The first-order valence-corrected chi connectivity index (χ1v) is 7.86. The Morgan fingerprint density at radius 3 is 2.74 bits per heavy atom. The Bertz CT molecular complexity index is 740. The van der Waals surface area contributed by atoms with Crippen LogP contribution in [-0.2, 0) is 6.42 Å². The predicted octanol–water partition coefficient (Wildman–Crippen LogP) is 4.37. The zero-order valence-electron chi connectivity index (χ0n) is 11.9. The molecule has 0 atom stereocenters. The number of anilines is 1. The van der Waals surface area contributed by atoms with Crippen molar-refractivity contribution in [3.05, 3.63) is 67.6 Å². The first-order valence-electron chi connectivity index (χ1n) is 6.69. The molecule has 0 heterocycles. The molecule has 120 valence electrons. The number of nitrogens with one attached hydrogen (secondary N) is 2. The number of nitro benzene ring substituents is 1. The van der Waals surface area contributed by atoms with Crippen molar-refractivity contribution in [3.8, 4) is 0 Å². The molecule has 0 aliphatic rings. The Morgan fingerprint density at radius 1 is 1.26 bits per heavy atom. The monoisotopic (exact) mass is 397 g/mol. The summed E-state index contributed by atoms with van der Waals surface area (Å²) in [6.45, 7) is 0.425. The largest absolute Gasteiger partial charge is 0.338 e. The molecule has 0 bridgehead atoms. The lowest BCUT2D eigenvalue weighted by molar-refractivity contribution is -0.384. The molecule has 2 aromatic rings. The Morgan fingerprint density at radius 2 is 2.04 bits per heavy atom.